The van der Waals surface area contributed by atoms with Gasteiger partial charge in [-0.1, -0.05) is 6.92 Å². The molecule has 21 heavy (non-hydrogen) atoms. The summed E-state index contributed by atoms with van der Waals surface area (Å²) in [5, 5.41) is 0. The quantitative estimate of drug-likeness (QED) is 0.429. The molecule has 0 aromatic rings. The highest BCUT2D eigenvalue weighted by Gasteiger charge is 2.48. The van der Waals surface area contributed by atoms with E-state index in [9.17, 15) is 31.5 Å². The van der Waals surface area contributed by atoms with Crippen LogP contribution in [0.5, 0.6) is 0 Å². The highest BCUT2D eigenvalue weighted by atomic mass is 19.4. The number of hydrogen-bond donors (Lipinski definition) is 0. The molecule has 3 unspecified atom stereocenters. The van der Waals surface area contributed by atoms with Gasteiger partial charge in [0.2, 0.25) is 0 Å². The molecule has 0 aliphatic rings. The van der Waals surface area contributed by atoms with Gasteiger partial charge in [0.05, 0.1) is 0 Å². The van der Waals surface area contributed by atoms with Crippen molar-refractivity contribution in [2.45, 2.75) is 58.9 Å². The predicted octanol–water partition coefficient (Wildman–Crippen LogP) is 3.09. The van der Waals surface area contributed by atoms with Crippen molar-refractivity contribution >= 4 is 11.9 Å². The van der Waals surface area contributed by atoms with Crippen LogP contribution >= 0.6 is 0 Å². The number of alkyl halides is 5. The molecule has 0 spiro atoms. The molecular weight excluding hydrogens is 303 g/mol. The summed E-state index contributed by atoms with van der Waals surface area (Å²) in [6, 6.07) is 0. The zero-order valence-electron chi connectivity index (χ0n) is 12.0. The van der Waals surface area contributed by atoms with Crippen LogP contribution in [0.15, 0.2) is 0 Å². The molecule has 0 aromatic heterocycles. The van der Waals surface area contributed by atoms with Crippen molar-refractivity contribution in [3.63, 3.8) is 0 Å². The van der Waals surface area contributed by atoms with Gasteiger partial charge in [0.1, 0.15) is 0 Å². The molecule has 0 amide bonds. The molecule has 0 aromatic carbocycles. The molecule has 4 nitrogen and oxygen atoms in total. The average molecular weight is 320 g/mol. The van der Waals surface area contributed by atoms with E-state index in [4.69, 9.17) is 0 Å². The number of esters is 2. The second kappa shape index (κ2) is 7.04. The lowest BCUT2D eigenvalue weighted by Gasteiger charge is -2.27. The largest absolute Gasteiger partial charge is 0.456 e. The Bertz CT molecular complexity index is 382. The van der Waals surface area contributed by atoms with Crippen LogP contribution in [0.1, 0.15) is 34.1 Å². The lowest BCUT2D eigenvalue weighted by atomic mass is 9.87. The topological polar surface area (TPSA) is 52.6 Å². The van der Waals surface area contributed by atoms with Crippen LogP contribution in [0.4, 0.5) is 22.0 Å². The Hall–Kier alpha value is -1.41. The number of carbonyl (C=O) groups is 2. The van der Waals surface area contributed by atoms with Gasteiger partial charge < -0.3 is 9.47 Å². The lowest BCUT2D eigenvalue weighted by molar-refractivity contribution is -0.223. The number of ether oxygens (including phenoxy) is 2. The van der Waals surface area contributed by atoms with Crippen molar-refractivity contribution in [2.75, 3.05) is 0 Å². The molecule has 0 radical (unpaired) electrons. The number of rotatable bonds is 6. The van der Waals surface area contributed by atoms with Crippen LogP contribution in [-0.2, 0) is 19.1 Å². The fraction of sp³-hybridized carbons (Fsp3) is 0.833. The van der Waals surface area contributed by atoms with Gasteiger partial charge in [-0.05, 0) is 27.2 Å². The van der Waals surface area contributed by atoms with Crippen molar-refractivity contribution < 1.29 is 41.0 Å². The Labute approximate surface area is 118 Å². The zero-order chi connectivity index (χ0) is 17.0. The van der Waals surface area contributed by atoms with Crippen LogP contribution in [0.3, 0.4) is 0 Å². The Morgan fingerprint density at radius 1 is 1.05 bits per heavy atom. The summed E-state index contributed by atoms with van der Waals surface area (Å²) >= 11 is 0. The minimum absolute atomic E-state index is 0.259. The predicted molar refractivity (Wildman–Crippen MR) is 61.6 cm³/mol. The van der Waals surface area contributed by atoms with Crippen molar-refractivity contribution in [2.24, 2.45) is 5.41 Å². The highest BCUT2D eigenvalue weighted by Crippen LogP contribution is 2.30. The summed E-state index contributed by atoms with van der Waals surface area (Å²) in [5.41, 5.74) is -2.08. The van der Waals surface area contributed by atoms with Crippen molar-refractivity contribution in [1.82, 2.24) is 0 Å². The average Bonchev–Trinajstić information content (AvgIpc) is 2.35. The molecule has 3 atom stereocenters. The van der Waals surface area contributed by atoms with Crippen LogP contribution < -0.4 is 0 Å². The van der Waals surface area contributed by atoms with Crippen LogP contribution in [0.2, 0.25) is 0 Å². The Kier molecular flexibility index (Phi) is 6.56. The van der Waals surface area contributed by atoms with Gasteiger partial charge in [0.25, 0.3) is 6.43 Å². The van der Waals surface area contributed by atoms with E-state index in [2.05, 4.69) is 9.47 Å². The summed E-state index contributed by atoms with van der Waals surface area (Å²) in [6.07, 6.45) is -12.2. The van der Waals surface area contributed by atoms with Crippen molar-refractivity contribution in [3.05, 3.63) is 0 Å². The van der Waals surface area contributed by atoms with Gasteiger partial charge in [0, 0.05) is 0 Å². The molecule has 0 fully saturated rings. The van der Waals surface area contributed by atoms with E-state index in [0.29, 0.717) is 6.92 Å². The van der Waals surface area contributed by atoms with E-state index >= 15 is 0 Å². The van der Waals surface area contributed by atoms with Crippen LogP contribution in [0.25, 0.3) is 0 Å². The van der Waals surface area contributed by atoms with Gasteiger partial charge in [-0.3, -0.25) is 9.59 Å². The third kappa shape index (κ3) is 5.13. The van der Waals surface area contributed by atoms with E-state index in [1.807, 2.05) is 0 Å². The fourth-order valence-electron chi connectivity index (χ4n) is 1.08. The standard InChI is InChI=1S/C12H17F5O4/c1-5-11(4,9(18)20-6(2)8(13)14)10(19)21-7(3)12(15,16)17/h6-8H,5H2,1-4H3. The summed E-state index contributed by atoms with van der Waals surface area (Å²) in [4.78, 5) is 23.5. The Morgan fingerprint density at radius 3 is 1.81 bits per heavy atom. The zero-order valence-corrected chi connectivity index (χ0v) is 12.0. The molecule has 0 aliphatic carbocycles. The number of halogens is 5. The summed E-state index contributed by atoms with van der Waals surface area (Å²) in [6.45, 7) is 3.82. The Morgan fingerprint density at radius 2 is 1.48 bits per heavy atom. The highest BCUT2D eigenvalue weighted by molar-refractivity contribution is 5.99. The van der Waals surface area contributed by atoms with Gasteiger partial charge in [-0.2, -0.15) is 13.2 Å². The molecular formula is C12H17F5O4. The fourth-order valence-corrected chi connectivity index (χ4v) is 1.08. The number of carbonyl (C=O) groups excluding carboxylic acids is 2. The molecule has 124 valence electrons. The minimum atomic E-state index is -4.79. The SMILES string of the molecule is CCC(C)(C(=O)OC(C)C(F)F)C(=O)OC(C)C(F)(F)F. The normalized spacial score (nSPS) is 17.8. The maximum atomic E-state index is 12.3. The first-order valence-electron chi connectivity index (χ1n) is 6.13. The van der Waals surface area contributed by atoms with E-state index < -0.39 is 42.2 Å². The minimum Gasteiger partial charge on any atom is -0.456 e. The van der Waals surface area contributed by atoms with Crippen molar-refractivity contribution in [3.8, 4) is 0 Å². The van der Waals surface area contributed by atoms with Crippen LogP contribution in [0, 0.1) is 5.41 Å². The smallest absolute Gasteiger partial charge is 0.425 e. The van der Waals surface area contributed by atoms with Gasteiger partial charge >= 0.3 is 18.1 Å². The molecule has 0 aliphatic heterocycles. The van der Waals surface area contributed by atoms with Crippen molar-refractivity contribution in [1.29, 1.82) is 0 Å². The maximum absolute atomic E-state index is 12.3. The van der Waals surface area contributed by atoms with E-state index in [0.717, 1.165) is 13.8 Å². The van der Waals surface area contributed by atoms with E-state index in [-0.39, 0.29) is 6.42 Å². The third-order valence-corrected chi connectivity index (χ3v) is 3.00. The number of hydrogen-bond acceptors (Lipinski definition) is 4. The van der Waals surface area contributed by atoms with E-state index in [1.54, 1.807) is 0 Å². The molecule has 0 heterocycles. The lowest BCUT2D eigenvalue weighted by Crippen LogP contribution is -2.44. The molecule has 0 saturated carbocycles. The van der Waals surface area contributed by atoms with E-state index in [1.165, 1.54) is 6.92 Å². The first-order valence-corrected chi connectivity index (χ1v) is 6.13. The molecule has 0 rings (SSSR count). The monoisotopic (exact) mass is 320 g/mol. The summed E-state index contributed by atoms with van der Waals surface area (Å²) in [5.74, 6) is -2.82. The maximum Gasteiger partial charge on any atom is 0.425 e. The van der Waals surface area contributed by atoms with Gasteiger partial charge in [0.15, 0.2) is 17.6 Å². The van der Waals surface area contributed by atoms with Gasteiger partial charge in [-0.15, -0.1) is 0 Å². The Balaban J connectivity index is 5.01. The second-order valence-corrected chi connectivity index (χ2v) is 4.72. The molecule has 0 saturated heterocycles. The molecule has 9 heteroatoms. The summed E-state index contributed by atoms with van der Waals surface area (Å²) < 4.78 is 70.2. The van der Waals surface area contributed by atoms with Crippen LogP contribution in [-0.4, -0.2) is 36.7 Å². The molecule has 0 N–H and O–H groups in total. The third-order valence-electron chi connectivity index (χ3n) is 3.00. The first-order chi connectivity index (χ1) is 9.36. The van der Waals surface area contributed by atoms with Gasteiger partial charge in [-0.25, -0.2) is 8.78 Å². The second-order valence-electron chi connectivity index (χ2n) is 4.72. The molecule has 0 bridgehead atoms. The summed E-state index contributed by atoms with van der Waals surface area (Å²) in [7, 11) is 0. The first kappa shape index (κ1) is 19.6.